The van der Waals surface area contributed by atoms with Crippen LogP contribution in [0.2, 0.25) is 0 Å². The standard InChI is InChI=1S/C8H11F2NO/c1-2-3-4-11-7(12)6-5-8(6,9)10/h2-3,6H,4-5H2,1H3,(H,11,12)/b3-2+. The third-order valence-corrected chi connectivity index (χ3v) is 1.77. The molecule has 1 aliphatic carbocycles. The van der Waals surface area contributed by atoms with Crippen LogP contribution in [-0.2, 0) is 4.79 Å². The summed E-state index contributed by atoms with van der Waals surface area (Å²) in [6.45, 7) is 2.14. The highest BCUT2D eigenvalue weighted by atomic mass is 19.3. The van der Waals surface area contributed by atoms with Gasteiger partial charge in [0.05, 0.1) is 0 Å². The quantitative estimate of drug-likeness (QED) is 0.644. The zero-order valence-electron chi connectivity index (χ0n) is 6.81. The highest BCUT2D eigenvalue weighted by Gasteiger charge is 2.61. The molecule has 0 saturated heterocycles. The minimum atomic E-state index is -2.75. The van der Waals surface area contributed by atoms with Crippen molar-refractivity contribution in [3.63, 3.8) is 0 Å². The second kappa shape index (κ2) is 3.21. The molecule has 0 aromatic carbocycles. The summed E-state index contributed by atoms with van der Waals surface area (Å²) in [5, 5.41) is 2.40. The van der Waals surface area contributed by atoms with Crippen LogP contribution in [0.1, 0.15) is 13.3 Å². The van der Waals surface area contributed by atoms with Crippen LogP contribution in [-0.4, -0.2) is 18.4 Å². The largest absolute Gasteiger partial charge is 0.352 e. The Kier molecular flexibility index (Phi) is 2.45. The molecule has 0 aromatic rings. The molecule has 12 heavy (non-hydrogen) atoms. The van der Waals surface area contributed by atoms with Crippen molar-refractivity contribution in [1.29, 1.82) is 0 Å². The van der Waals surface area contributed by atoms with E-state index < -0.39 is 17.7 Å². The predicted molar refractivity (Wildman–Crippen MR) is 40.9 cm³/mol. The molecule has 1 aliphatic rings. The van der Waals surface area contributed by atoms with Crippen molar-refractivity contribution in [2.24, 2.45) is 5.92 Å². The summed E-state index contributed by atoms with van der Waals surface area (Å²) in [6.07, 6.45) is 3.17. The van der Waals surface area contributed by atoms with Gasteiger partial charge in [-0.05, 0) is 6.92 Å². The summed E-state index contributed by atoms with van der Waals surface area (Å²) in [7, 11) is 0. The Morgan fingerprint density at radius 2 is 2.33 bits per heavy atom. The van der Waals surface area contributed by atoms with Gasteiger partial charge in [0.15, 0.2) is 0 Å². The van der Waals surface area contributed by atoms with Crippen molar-refractivity contribution in [2.45, 2.75) is 19.3 Å². The zero-order chi connectivity index (χ0) is 9.19. The first kappa shape index (κ1) is 9.16. The first-order valence-electron chi connectivity index (χ1n) is 3.84. The molecule has 2 nitrogen and oxygen atoms in total. The van der Waals surface area contributed by atoms with Gasteiger partial charge in [0.25, 0.3) is 5.92 Å². The first-order valence-corrected chi connectivity index (χ1v) is 3.84. The molecular weight excluding hydrogens is 164 g/mol. The molecule has 1 N–H and O–H groups in total. The summed E-state index contributed by atoms with van der Waals surface area (Å²) in [6, 6.07) is 0. The minimum absolute atomic E-state index is 0.297. The number of hydrogen-bond acceptors (Lipinski definition) is 1. The SMILES string of the molecule is C/C=C/CNC(=O)C1CC1(F)F. The van der Waals surface area contributed by atoms with Crippen molar-refractivity contribution < 1.29 is 13.6 Å². The molecular formula is C8H11F2NO. The summed E-state index contributed by atoms with van der Waals surface area (Å²) in [5.41, 5.74) is 0. The van der Waals surface area contributed by atoms with Gasteiger partial charge in [0.1, 0.15) is 5.92 Å². The summed E-state index contributed by atoms with van der Waals surface area (Å²) < 4.78 is 24.6. The third-order valence-electron chi connectivity index (χ3n) is 1.77. The molecule has 1 atom stereocenters. The molecule has 68 valence electrons. The highest BCUT2D eigenvalue weighted by molar-refractivity contribution is 5.82. The van der Waals surface area contributed by atoms with Gasteiger partial charge in [-0.25, -0.2) is 8.78 Å². The zero-order valence-corrected chi connectivity index (χ0v) is 6.81. The van der Waals surface area contributed by atoms with Crippen LogP contribution in [0.15, 0.2) is 12.2 Å². The van der Waals surface area contributed by atoms with Crippen LogP contribution >= 0.6 is 0 Å². The predicted octanol–water partition coefficient (Wildman–Crippen LogP) is 1.33. The Hall–Kier alpha value is -0.930. The van der Waals surface area contributed by atoms with Gasteiger partial charge < -0.3 is 5.32 Å². The lowest BCUT2D eigenvalue weighted by atomic mass is 10.4. The molecule has 1 unspecified atom stereocenters. The van der Waals surface area contributed by atoms with Crippen molar-refractivity contribution in [3.8, 4) is 0 Å². The summed E-state index contributed by atoms with van der Waals surface area (Å²) in [4.78, 5) is 10.9. The maximum atomic E-state index is 12.3. The van der Waals surface area contributed by atoms with Crippen LogP contribution in [0.5, 0.6) is 0 Å². The lowest BCUT2D eigenvalue weighted by Gasteiger charge is -1.99. The molecule has 1 amide bonds. The van der Waals surface area contributed by atoms with E-state index >= 15 is 0 Å². The first-order chi connectivity index (χ1) is 5.58. The molecule has 1 rings (SSSR count). The second-order valence-corrected chi connectivity index (χ2v) is 2.83. The van der Waals surface area contributed by atoms with Gasteiger partial charge in [0, 0.05) is 13.0 Å². The van der Waals surface area contributed by atoms with Crippen LogP contribution < -0.4 is 5.32 Å². The molecule has 1 fully saturated rings. The van der Waals surface area contributed by atoms with E-state index in [0.29, 0.717) is 6.54 Å². The molecule has 0 spiro atoms. The van der Waals surface area contributed by atoms with E-state index in [1.807, 2.05) is 0 Å². The fraction of sp³-hybridized carbons (Fsp3) is 0.625. The van der Waals surface area contributed by atoms with E-state index in [1.54, 1.807) is 19.1 Å². The molecule has 0 radical (unpaired) electrons. The number of amides is 1. The average Bonchev–Trinajstić information content (AvgIpc) is 2.60. The molecule has 4 heteroatoms. The lowest BCUT2D eigenvalue weighted by Crippen LogP contribution is -2.27. The van der Waals surface area contributed by atoms with Gasteiger partial charge in [-0.3, -0.25) is 4.79 Å². The number of carbonyl (C=O) groups excluding carboxylic acids is 1. The summed E-state index contributed by atoms with van der Waals surface area (Å²) in [5.74, 6) is -4.37. The van der Waals surface area contributed by atoms with Crippen molar-refractivity contribution >= 4 is 5.91 Å². The smallest absolute Gasteiger partial charge is 0.260 e. The average molecular weight is 175 g/mol. The molecule has 0 aromatic heterocycles. The maximum absolute atomic E-state index is 12.3. The van der Waals surface area contributed by atoms with Gasteiger partial charge >= 0.3 is 0 Å². The molecule has 1 saturated carbocycles. The number of allylic oxidation sites excluding steroid dienone is 1. The fourth-order valence-electron chi connectivity index (χ4n) is 0.898. The highest BCUT2D eigenvalue weighted by Crippen LogP contribution is 2.48. The Morgan fingerprint density at radius 1 is 1.75 bits per heavy atom. The Balaban J connectivity index is 2.23. The van der Waals surface area contributed by atoms with Gasteiger partial charge in [-0.1, -0.05) is 12.2 Å². The number of nitrogens with one attached hydrogen (secondary N) is 1. The van der Waals surface area contributed by atoms with Crippen LogP contribution in [0.25, 0.3) is 0 Å². The lowest BCUT2D eigenvalue weighted by molar-refractivity contribution is -0.124. The summed E-state index contributed by atoms with van der Waals surface area (Å²) >= 11 is 0. The molecule has 0 heterocycles. The number of rotatable bonds is 3. The Bertz CT molecular complexity index is 213. The van der Waals surface area contributed by atoms with E-state index in [4.69, 9.17) is 0 Å². The van der Waals surface area contributed by atoms with Gasteiger partial charge in [-0.2, -0.15) is 0 Å². The van der Waals surface area contributed by atoms with Crippen LogP contribution in [0, 0.1) is 5.92 Å². The van der Waals surface area contributed by atoms with E-state index in [2.05, 4.69) is 5.32 Å². The molecule has 0 bridgehead atoms. The molecule has 0 aliphatic heterocycles. The maximum Gasteiger partial charge on any atom is 0.260 e. The Morgan fingerprint density at radius 3 is 2.75 bits per heavy atom. The van der Waals surface area contributed by atoms with Crippen LogP contribution in [0.4, 0.5) is 8.78 Å². The number of carbonyl (C=O) groups is 1. The second-order valence-electron chi connectivity index (χ2n) is 2.83. The monoisotopic (exact) mass is 175 g/mol. The number of alkyl halides is 2. The van der Waals surface area contributed by atoms with Crippen molar-refractivity contribution in [3.05, 3.63) is 12.2 Å². The third kappa shape index (κ3) is 2.03. The van der Waals surface area contributed by atoms with Crippen LogP contribution in [0.3, 0.4) is 0 Å². The normalized spacial score (nSPS) is 25.8. The Labute approximate surface area is 69.6 Å². The number of hydrogen-bond donors (Lipinski definition) is 1. The van der Waals surface area contributed by atoms with E-state index in [0.717, 1.165) is 0 Å². The van der Waals surface area contributed by atoms with E-state index in [1.165, 1.54) is 0 Å². The topological polar surface area (TPSA) is 29.1 Å². The minimum Gasteiger partial charge on any atom is -0.352 e. The van der Waals surface area contributed by atoms with Crippen molar-refractivity contribution in [2.75, 3.05) is 6.54 Å². The number of halogens is 2. The van der Waals surface area contributed by atoms with Gasteiger partial charge in [0.2, 0.25) is 5.91 Å². The fourth-order valence-corrected chi connectivity index (χ4v) is 0.898. The van der Waals surface area contributed by atoms with Crippen molar-refractivity contribution in [1.82, 2.24) is 5.32 Å². The van der Waals surface area contributed by atoms with E-state index in [-0.39, 0.29) is 6.42 Å². The van der Waals surface area contributed by atoms with Gasteiger partial charge in [-0.15, -0.1) is 0 Å². The van der Waals surface area contributed by atoms with E-state index in [9.17, 15) is 13.6 Å².